The van der Waals surface area contributed by atoms with E-state index in [-0.39, 0.29) is 39.8 Å². The molecule has 15 atom stereocenters. The van der Waals surface area contributed by atoms with Crippen LogP contribution in [0.1, 0.15) is 64.4 Å². The smallest absolute Gasteiger partial charge is 0.380 e. The molecule has 0 saturated heterocycles. The van der Waals surface area contributed by atoms with E-state index in [0.29, 0.717) is 0 Å². The number of halogens is 6. The molecule has 4 aliphatic rings. The topological polar surface area (TPSA) is 329 Å². The van der Waals surface area contributed by atoms with Gasteiger partial charge in [0.2, 0.25) is 0 Å². The van der Waals surface area contributed by atoms with Gasteiger partial charge in [-0.3, -0.25) is 4.21 Å². The number of allylic oxidation sites excluding steroid dienone is 4. The Hall–Kier alpha value is -5.46. The van der Waals surface area contributed by atoms with Crippen molar-refractivity contribution < 1.29 is 114 Å². The van der Waals surface area contributed by atoms with Crippen molar-refractivity contribution in [2.45, 2.75) is 139 Å². The third-order valence-electron chi connectivity index (χ3n) is 14.5. The quantitative estimate of drug-likeness (QED) is 0.0553. The summed E-state index contributed by atoms with van der Waals surface area (Å²) in [7, 11) is -4.85. The number of hydrogen-bond donors (Lipinski definition) is 10. The van der Waals surface area contributed by atoms with Gasteiger partial charge < -0.3 is 65.1 Å². The Morgan fingerprint density at radius 3 is 1.42 bits per heavy atom. The number of rotatable bonds is 12. The van der Waals surface area contributed by atoms with Crippen LogP contribution >= 0.6 is 0 Å². The summed E-state index contributed by atoms with van der Waals surface area (Å²) in [4.78, 5) is 24.4. The third kappa shape index (κ3) is 9.42. The standard InChI is InChI=1S/C51H50F6O18S2/c1-3-5-27(26-16-14-24(18-29(26)76(70)71)20-6-10-22(11-7-20)47(68)74-45-41(64)37(60)35(58)38(61)42(45)65)33-34(50(54,55)51(56,57)49(33,52)53)32-28-17-15-25(19-31(28)77(72,73)30(32)4-2)21-8-12-23(13-9-21)48(69)75-46-43(66)39(62)36(59)40(63)44(46)67/h5-19,30,32,35-46,58-67H,3-4H2,1-2H3,(H,70,71)/p-1/b27-5-/t30?,32?,35?,36?,37-,38+,39-,40+,41+,42-,43+,44-,45?,46?. The number of sulfone groups is 1. The molecule has 0 amide bonds. The SMILES string of the molecule is CC/C=C(\C1=C(C2c3ccc(-c4ccc(C(=O)OC5[C@@H](O)[C@H](O)C(O)[C@H](O)[C@H]5O)cc4)cc3S(=O)(=O)C2CC)C(F)(F)C(F)(F)C1(F)F)c1ccc(-c2ccc(C(=O)OC3[C@@H](O)[C@H](O)C(O)[C@H](O)[C@H]3O)cc2)cc1S(=O)[O-]. The molecule has 1 heterocycles. The molecule has 1 aliphatic heterocycles. The molecule has 416 valence electrons. The number of fused-ring (bicyclic) bond motifs is 1. The number of aliphatic hydroxyl groups excluding tert-OH is 10. The van der Waals surface area contributed by atoms with E-state index in [2.05, 4.69) is 0 Å². The van der Waals surface area contributed by atoms with Gasteiger partial charge >= 0.3 is 29.7 Å². The molecule has 2 fully saturated rings. The van der Waals surface area contributed by atoms with Crippen LogP contribution in [0.25, 0.3) is 27.8 Å². The number of benzene rings is 4. The number of esters is 2. The lowest BCUT2D eigenvalue weighted by atomic mass is 9.80. The highest BCUT2D eigenvalue weighted by Gasteiger charge is 2.81. The van der Waals surface area contributed by atoms with E-state index in [0.717, 1.165) is 60.7 Å². The first-order valence-electron chi connectivity index (χ1n) is 23.6. The van der Waals surface area contributed by atoms with Gasteiger partial charge in [0.1, 0.15) is 61.0 Å². The zero-order chi connectivity index (χ0) is 56.8. The van der Waals surface area contributed by atoms with Crippen LogP contribution in [0.15, 0.2) is 112 Å². The number of hydrogen-bond acceptors (Lipinski definition) is 18. The van der Waals surface area contributed by atoms with Crippen LogP contribution < -0.4 is 0 Å². The van der Waals surface area contributed by atoms with E-state index in [4.69, 9.17) is 9.47 Å². The van der Waals surface area contributed by atoms with Crippen LogP contribution in [-0.2, 0) is 30.4 Å². The first kappa shape index (κ1) is 57.7. The number of aliphatic hydroxyl groups is 10. The monoisotopic (exact) mass is 1130 g/mol. The highest BCUT2D eigenvalue weighted by atomic mass is 32.2. The summed E-state index contributed by atoms with van der Waals surface area (Å²) in [6, 6.07) is 15.6. The summed E-state index contributed by atoms with van der Waals surface area (Å²) in [6.45, 7) is 2.53. The van der Waals surface area contributed by atoms with Crippen molar-refractivity contribution in [3.8, 4) is 22.3 Å². The fraction of sp³-hybridized carbons (Fsp3) is 0.412. The largest absolute Gasteiger partial charge is 0.768 e. The minimum atomic E-state index is -6.22. The van der Waals surface area contributed by atoms with Crippen molar-refractivity contribution in [3.05, 3.63) is 124 Å². The van der Waals surface area contributed by atoms with E-state index in [1.165, 1.54) is 44.2 Å². The maximum absolute atomic E-state index is 16.7. The normalized spacial score (nSPS) is 32.6. The molecule has 0 aromatic heterocycles. The van der Waals surface area contributed by atoms with Crippen LogP contribution in [0.4, 0.5) is 26.3 Å². The van der Waals surface area contributed by atoms with Crippen molar-refractivity contribution in [2.24, 2.45) is 0 Å². The van der Waals surface area contributed by atoms with Crippen LogP contribution in [0.5, 0.6) is 0 Å². The molecule has 26 heteroatoms. The van der Waals surface area contributed by atoms with E-state index in [1.807, 2.05) is 0 Å². The Kier molecular flexibility index (Phi) is 15.7. The average Bonchev–Trinajstić information content (AvgIpc) is 3.84. The van der Waals surface area contributed by atoms with Gasteiger partial charge in [0.15, 0.2) is 22.0 Å². The molecule has 18 nitrogen and oxygen atoms in total. The van der Waals surface area contributed by atoms with Gasteiger partial charge in [0, 0.05) is 22.0 Å². The molecule has 10 N–H and O–H groups in total. The highest BCUT2D eigenvalue weighted by Crippen LogP contribution is 2.67. The minimum Gasteiger partial charge on any atom is -0.768 e. The molecule has 2 saturated carbocycles. The Bertz CT molecular complexity index is 3120. The molecule has 0 radical (unpaired) electrons. The van der Waals surface area contributed by atoms with Crippen LogP contribution in [0.3, 0.4) is 0 Å². The highest BCUT2D eigenvalue weighted by molar-refractivity contribution is 7.92. The maximum Gasteiger partial charge on any atom is 0.380 e. The van der Waals surface area contributed by atoms with Crippen LogP contribution in [0.2, 0.25) is 0 Å². The molecule has 4 aromatic carbocycles. The lowest BCUT2D eigenvalue weighted by molar-refractivity contribution is -0.264. The molecule has 4 aromatic rings. The Labute approximate surface area is 436 Å². The van der Waals surface area contributed by atoms with Gasteiger partial charge in [-0.2, -0.15) is 26.3 Å². The summed E-state index contributed by atoms with van der Waals surface area (Å²) >= 11 is -3.43. The second-order valence-corrected chi connectivity index (χ2v) is 22.1. The average molecular weight is 1130 g/mol. The molecule has 7 unspecified atom stereocenters. The van der Waals surface area contributed by atoms with Crippen molar-refractivity contribution >= 4 is 38.4 Å². The van der Waals surface area contributed by atoms with Crippen LogP contribution in [0, 0.1) is 0 Å². The molecule has 3 aliphatic carbocycles. The summed E-state index contributed by atoms with van der Waals surface area (Å²) in [6.07, 6.45) is -24.0. The van der Waals surface area contributed by atoms with Crippen molar-refractivity contribution in [3.63, 3.8) is 0 Å². The van der Waals surface area contributed by atoms with Crippen molar-refractivity contribution in [1.29, 1.82) is 0 Å². The molecular formula is C51H49F6O18S2-. The first-order chi connectivity index (χ1) is 36.0. The second kappa shape index (κ2) is 21.0. The van der Waals surface area contributed by atoms with E-state index < -0.39 is 179 Å². The fourth-order valence-electron chi connectivity index (χ4n) is 10.3. The van der Waals surface area contributed by atoms with Crippen molar-refractivity contribution in [2.75, 3.05) is 0 Å². The summed E-state index contributed by atoms with van der Waals surface area (Å²) in [5, 5.41) is 98.8. The van der Waals surface area contributed by atoms with Gasteiger partial charge in [-0.25, -0.2) is 18.0 Å². The minimum absolute atomic E-state index is 0.0144. The van der Waals surface area contributed by atoms with Gasteiger partial charge in [-0.15, -0.1) is 0 Å². The van der Waals surface area contributed by atoms with Gasteiger partial charge in [-0.05, 0) is 99.3 Å². The summed E-state index contributed by atoms with van der Waals surface area (Å²) < 4.78 is 164. The molecule has 0 spiro atoms. The van der Waals surface area contributed by atoms with E-state index in [9.17, 15) is 77.8 Å². The molecule has 0 bridgehead atoms. The lowest BCUT2D eigenvalue weighted by Gasteiger charge is -2.41. The maximum atomic E-state index is 16.7. The molecular weight excluding hydrogens is 1080 g/mol. The zero-order valence-electron chi connectivity index (χ0n) is 40.0. The predicted molar refractivity (Wildman–Crippen MR) is 254 cm³/mol. The Morgan fingerprint density at radius 2 is 1.00 bits per heavy atom. The number of alkyl halides is 6. The first-order valence-corrected chi connectivity index (χ1v) is 26.2. The summed E-state index contributed by atoms with van der Waals surface area (Å²) in [5.74, 6) is -22.5. The van der Waals surface area contributed by atoms with Crippen molar-refractivity contribution in [1.82, 2.24) is 0 Å². The fourth-order valence-corrected chi connectivity index (χ4v) is 13.1. The number of carbonyl (C=O) groups is 2. The van der Waals surface area contributed by atoms with Gasteiger partial charge in [-0.1, -0.05) is 68.5 Å². The van der Waals surface area contributed by atoms with Gasteiger partial charge in [0.05, 0.1) is 21.3 Å². The van der Waals surface area contributed by atoms with Gasteiger partial charge in [0.25, 0.3) is 0 Å². The van der Waals surface area contributed by atoms with E-state index >= 15 is 26.3 Å². The second-order valence-electron chi connectivity index (χ2n) is 19.0. The number of carbonyl (C=O) groups excluding carboxylic acids is 2. The zero-order valence-corrected chi connectivity index (χ0v) is 41.6. The number of ether oxygens (including phenoxy) is 2. The third-order valence-corrected chi connectivity index (χ3v) is 17.6. The molecule has 8 rings (SSSR count). The Morgan fingerprint density at radius 1 is 0.597 bits per heavy atom. The Balaban J connectivity index is 1.15. The lowest BCUT2D eigenvalue weighted by Crippen LogP contribution is -2.64. The predicted octanol–water partition coefficient (Wildman–Crippen LogP) is 2.30. The van der Waals surface area contributed by atoms with E-state index in [1.54, 1.807) is 0 Å². The summed E-state index contributed by atoms with van der Waals surface area (Å²) in [5.41, 5.74) is -6.57. The molecule has 77 heavy (non-hydrogen) atoms. The van der Waals surface area contributed by atoms with Crippen LogP contribution in [-0.4, -0.2) is 176 Å².